The fraction of sp³-hybridized carbons (Fsp3) is 0.478. The zero-order valence-electron chi connectivity index (χ0n) is 20.0. The Hall–Kier alpha value is -2.82. The predicted molar refractivity (Wildman–Crippen MR) is 132 cm³/mol. The lowest BCUT2D eigenvalue weighted by atomic mass is 9.95. The van der Waals surface area contributed by atoms with Crippen molar-refractivity contribution in [3.8, 4) is 11.4 Å². The minimum Gasteiger partial charge on any atom is -0.374 e. The Labute approximate surface area is 197 Å². The SMILES string of the molecule is CCO[C@H]1CNC[C@]1(Nc1c(C)nc(-c2cnc(N(C)C)cc2C)n(C)c1=O)c1nccs1. The second-order valence-electron chi connectivity index (χ2n) is 8.52. The number of thiazole rings is 1. The van der Waals surface area contributed by atoms with Gasteiger partial charge in [-0.15, -0.1) is 11.3 Å². The van der Waals surface area contributed by atoms with Crippen molar-refractivity contribution in [1.29, 1.82) is 0 Å². The third-order valence-corrected chi connectivity index (χ3v) is 7.03. The van der Waals surface area contributed by atoms with Crippen LogP contribution in [0, 0.1) is 13.8 Å². The van der Waals surface area contributed by atoms with Gasteiger partial charge in [0, 0.05) is 64.2 Å². The Morgan fingerprint density at radius 3 is 2.79 bits per heavy atom. The molecular weight excluding hydrogens is 438 g/mol. The van der Waals surface area contributed by atoms with Crippen molar-refractivity contribution in [2.24, 2.45) is 7.05 Å². The standard InChI is InChI=1S/C23H31N7O2S/c1-7-32-17-12-24-13-23(17,22-25-8-9-33-22)28-19-15(3)27-20(30(6)21(19)31)16-11-26-18(29(4)5)10-14(16)2/h8-11,17,24,28H,7,12-13H2,1-6H3/t17-,23+/m0/s1. The second kappa shape index (κ2) is 9.20. The third-order valence-electron chi connectivity index (χ3n) is 6.08. The van der Waals surface area contributed by atoms with Crippen molar-refractivity contribution in [3.05, 3.63) is 50.5 Å². The van der Waals surface area contributed by atoms with Crippen molar-refractivity contribution < 1.29 is 4.74 Å². The molecule has 1 fully saturated rings. The van der Waals surface area contributed by atoms with Gasteiger partial charge in [0.15, 0.2) is 0 Å². The lowest BCUT2D eigenvalue weighted by Gasteiger charge is -2.34. The molecule has 4 heterocycles. The summed E-state index contributed by atoms with van der Waals surface area (Å²) in [6.07, 6.45) is 3.40. The maximum absolute atomic E-state index is 13.6. The molecule has 2 atom stereocenters. The molecule has 1 aliphatic rings. The number of pyridine rings is 1. The van der Waals surface area contributed by atoms with Crippen LogP contribution in [0.25, 0.3) is 11.4 Å². The molecule has 9 nitrogen and oxygen atoms in total. The van der Waals surface area contributed by atoms with E-state index in [4.69, 9.17) is 9.72 Å². The first-order valence-corrected chi connectivity index (χ1v) is 11.9. The predicted octanol–water partition coefficient (Wildman–Crippen LogP) is 2.30. The maximum atomic E-state index is 13.6. The van der Waals surface area contributed by atoms with Crippen LogP contribution in [0.4, 0.5) is 11.5 Å². The van der Waals surface area contributed by atoms with Crippen LogP contribution in [-0.4, -0.2) is 59.4 Å². The highest BCUT2D eigenvalue weighted by molar-refractivity contribution is 7.09. The molecule has 4 rings (SSSR count). The van der Waals surface area contributed by atoms with E-state index in [0.29, 0.717) is 36.9 Å². The molecular formula is C23H31N7O2S. The number of hydrogen-bond acceptors (Lipinski definition) is 9. The molecule has 1 aliphatic heterocycles. The summed E-state index contributed by atoms with van der Waals surface area (Å²) in [7, 11) is 5.65. The number of aromatic nitrogens is 4. The molecule has 0 spiro atoms. The van der Waals surface area contributed by atoms with Crippen molar-refractivity contribution in [2.75, 3.05) is 44.0 Å². The first-order valence-electron chi connectivity index (χ1n) is 11.0. The largest absolute Gasteiger partial charge is 0.374 e. The van der Waals surface area contributed by atoms with Gasteiger partial charge in [-0.25, -0.2) is 15.0 Å². The van der Waals surface area contributed by atoms with Gasteiger partial charge in [-0.05, 0) is 32.4 Å². The number of nitrogens with one attached hydrogen (secondary N) is 2. The Morgan fingerprint density at radius 1 is 1.36 bits per heavy atom. The first-order chi connectivity index (χ1) is 15.8. The van der Waals surface area contributed by atoms with Gasteiger partial charge in [0.05, 0.1) is 5.69 Å². The zero-order valence-corrected chi connectivity index (χ0v) is 20.8. The number of hydrogen-bond donors (Lipinski definition) is 2. The van der Waals surface area contributed by atoms with Gasteiger partial charge >= 0.3 is 0 Å². The fourth-order valence-corrected chi connectivity index (χ4v) is 5.10. The van der Waals surface area contributed by atoms with Gasteiger partial charge in [0.25, 0.3) is 5.56 Å². The van der Waals surface area contributed by atoms with E-state index in [-0.39, 0.29) is 11.7 Å². The van der Waals surface area contributed by atoms with Crippen molar-refractivity contribution >= 4 is 22.8 Å². The highest BCUT2D eigenvalue weighted by Crippen LogP contribution is 2.36. The van der Waals surface area contributed by atoms with Gasteiger partial charge in [0.1, 0.15) is 34.0 Å². The van der Waals surface area contributed by atoms with Crippen LogP contribution in [0.15, 0.2) is 28.6 Å². The summed E-state index contributed by atoms with van der Waals surface area (Å²) in [6.45, 7) is 7.69. The number of rotatable bonds is 7. The molecule has 0 unspecified atom stereocenters. The van der Waals surface area contributed by atoms with Crippen LogP contribution in [0.5, 0.6) is 0 Å². The quantitative estimate of drug-likeness (QED) is 0.544. The average molecular weight is 470 g/mol. The summed E-state index contributed by atoms with van der Waals surface area (Å²) in [6, 6.07) is 2.00. The number of ether oxygens (including phenoxy) is 1. The van der Waals surface area contributed by atoms with Gasteiger partial charge in [-0.1, -0.05) is 0 Å². The molecule has 176 valence electrons. The van der Waals surface area contributed by atoms with Gasteiger partial charge in [-0.2, -0.15) is 0 Å². The van der Waals surface area contributed by atoms with E-state index in [1.807, 2.05) is 51.2 Å². The lowest BCUT2D eigenvalue weighted by Crippen LogP contribution is -2.49. The number of aryl methyl sites for hydroxylation is 2. The molecule has 33 heavy (non-hydrogen) atoms. The summed E-state index contributed by atoms with van der Waals surface area (Å²) in [5.41, 5.74) is 2.13. The molecule has 1 saturated heterocycles. The average Bonchev–Trinajstić information content (AvgIpc) is 3.45. The molecule has 3 aromatic rings. The van der Waals surface area contributed by atoms with E-state index >= 15 is 0 Å². The molecule has 0 bridgehead atoms. The minimum absolute atomic E-state index is 0.147. The lowest BCUT2D eigenvalue weighted by molar-refractivity contribution is 0.0396. The molecule has 0 aromatic carbocycles. The van der Waals surface area contributed by atoms with E-state index in [2.05, 4.69) is 20.6 Å². The van der Waals surface area contributed by atoms with Crippen LogP contribution >= 0.6 is 11.3 Å². The Kier molecular flexibility index (Phi) is 6.51. The Balaban J connectivity index is 1.79. The van der Waals surface area contributed by atoms with Crippen molar-refractivity contribution in [1.82, 2.24) is 24.8 Å². The van der Waals surface area contributed by atoms with Gasteiger partial charge < -0.3 is 20.3 Å². The van der Waals surface area contributed by atoms with Crippen LogP contribution < -0.4 is 21.1 Å². The smallest absolute Gasteiger partial charge is 0.277 e. The highest BCUT2D eigenvalue weighted by atomic mass is 32.1. The zero-order chi connectivity index (χ0) is 23.8. The van der Waals surface area contributed by atoms with Crippen molar-refractivity contribution in [3.63, 3.8) is 0 Å². The summed E-state index contributed by atoms with van der Waals surface area (Å²) >= 11 is 1.55. The minimum atomic E-state index is -0.644. The van der Waals surface area contributed by atoms with Crippen LogP contribution in [-0.2, 0) is 17.3 Å². The molecule has 10 heteroatoms. The van der Waals surface area contributed by atoms with Crippen LogP contribution in [0.2, 0.25) is 0 Å². The summed E-state index contributed by atoms with van der Waals surface area (Å²) < 4.78 is 7.65. The maximum Gasteiger partial charge on any atom is 0.277 e. The third kappa shape index (κ3) is 4.14. The van der Waals surface area contributed by atoms with E-state index < -0.39 is 5.54 Å². The number of nitrogens with zero attached hydrogens (tertiary/aromatic N) is 5. The molecule has 3 aromatic heterocycles. The summed E-state index contributed by atoms with van der Waals surface area (Å²) in [5, 5.41) is 9.76. The fourth-order valence-electron chi connectivity index (χ4n) is 4.26. The Bertz CT molecular complexity index is 1190. The summed E-state index contributed by atoms with van der Waals surface area (Å²) in [4.78, 5) is 29.5. The molecule has 0 amide bonds. The molecule has 0 aliphatic carbocycles. The van der Waals surface area contributed by atoms with Crippen molar-refractivity contribution in [2.45, 2.75) is 32.4 Å². The summed E-state index contributed by atoms with van der Waals surface area (Å²) in [5.74, 6) is 1.45. The van der Waals surface area contributed by atoms with E-state index in [0.717, 1.165) is 22.0 Å². The molecule has 2 N–H and O–H groups in total. The second-order valence-corrected chi connectivity index (χ2v) is 9.41. The van der Waals surface area contributed by atoms with Gasteiger partial charge in [-0.3, -0.25) is 9.36 Å². The topological polar surface area (TPSA) is 97.2 Å². The number of anilines is 2. The van der Waals surface area contributed by atoms with E-state index in [9.17, 15) is 4.79 Å². The first kappa shape index (κ1) is 23.3. The van der Waals surface area contributed by atoms with E-state index in [1.165, 1.54) is 0 Å². The van der Waals surface area contributed by atoms with Gasteiger partial charge in [0.2, 0.25) is 0 Å². The van der Waals surface area contributed by atoms with Crippen LogP contribution in [0.1, 0.15) is 23.2 Å². The van der Waals surface area contributed by atoms with E-state index in [1.54, 1.807) is 35.3 Å². The molecule has 0 saturated carbocycles. The highest BCUT2D eigenvalue weighted by Gasteiger charge is 2.48. The monoisotopic (exact) mass is 469 g/mol. The molecule has 0 radical (unpaired) electrons. The Morgan fingerprint density at radius 2 is 2.15 bits per heavy atom. The normalized spacial score (nSPS) is 20.2. The van der Waals surface area contributed by atoms with Crippen LogP contribution in [0.3, 0.4) is 0 Å².